The molecule has 132 valence electrons. The summed E-state index contributed by atoms with van der Waals surface area (Å²) < 4.78 is 7.35. The van der Waals surface area contributed by atoms with Crippen LogP contribution in [0.5, 0.6) is 5.75 Å². The molecule has 0 unspecified atom stereocenters. The number of carbonyl (C=O) groups is 1. The molecular formula is C21H21N3O2. The Kier molecular flexibility index (Phi) is 4.44. The summed E-state index contributed by atoms with van der Waals surface area (Å²) in [4.78, 5) is 12.8. The van der Waals surface area contributed by atoms with Crippen molar-refractivity contribution in [3.8, 4) is 11.4 Å². The summed E-state index contributed by atoms with van der Waals surface area (Å²) in [6, 6.07) is 17.4. The van der Waals surface area contributed by atoms with E-state index in [1.54, 1.807) is 0 Å². The van der Waals surface area contributed by atoms with E-state index in [1.165, 1.54) is 0 Å². The van der Waals surface area contributed by atoms with Crippen molar-refractivity contribution in [2.24, 2.45) is 0 Å². The minimum absolute atomic E-state index is 0.165. The number of fused-ring (bicyclic) bond motifs is 1. The second-order valence-electron chi connectivity index (χ2n) is 6.29. The molecule has 0 aliphatic heterocycles. The molecule has 0 spiro atoms. The molecule has 5 nitrogen and oxygen atoms in total. The fourth-order valence-corrected chi connectivity index (χ4v) is 3.39. The van der Waals surface area contributed by atoms with Gasteiger partial charge in [0.2, 0.25) is 0 Å². The van der Waals surface area contributed by atoms with Crippen molar-refractivity contribution in [1.29, 1.82) is 0 Å². The molecule has 3 aromatic rings. The third-order valence-corrected chi connectivity index (χ3v) is 4.57. The molecule has 26 heavy (non-hydrogen) atoms. The number of nitrogens with zero attached hydrogens (tertiary/aromatic N) is 2. The van der Waals surface area contributed by atoms with Crippen molar-refractivity contribution in [3.63, 3.8) is 0 Å². The van der Waals surface area contributed by atoms with Crippen LogP contribution in [0.3, 0.4) is 0 Å². The van der Waals surface area contributed by atoms with Gasteiger partial charge < -0.3 is 10.1 Å². The highest BCUT2D eigenvalue weighted by atomic mass is 16.5. The Balaban J connectivity index is 1.60. The Morgan fingerprint density at radius 3 is 2.62 bits per heavy atom. The van der Waals surface area contributed by atoms with E-state index in [2.05, 4.69) is 10.4 Å². The number of nitrogens with one attached hydrogen (secondary N) is 1. The average molecular weight is 347 g/mol. The third-order valence-electron chi connectivity index (χ3n) is 4.57. The van der Waals surface area contributed by atoms with Gasteiger partial charge in [-0.2, -0.15) is 5.10 Å². The first-order chi connectivity index (χ1) is 12.8. The molecule has 1 aliphatic carbocycles. The second-order valence-corrected chi connectivity index (χ2v) is 6.29. The minimum Gasteiger partial charge on any atom is -0.494 e. The molecule has 4 rings (SSSR count). The first-order valence-corrected chi connectivity index (χ1v) is 8.96. The number of hydrogen-bond acceptors (Lipinski definition) is 3. The van der Waals surface area contributed by atoms with Gasteiger partial charge >= 0.3 is 0 Å². The van der Waals surface area contributed by atoms with Crippen LogP contribution in [0.2, 0.25) is 0 Å². The van der Waals surface area contributed by atoms with E-state index in [1.807, 2.05) is 66.2 Å². The number of rotatable bonds is 5. The van der Waals surface area contributed by atoms with Gasteiger partial charge in [-0.25, -0.2) is 4.68 Å². The Morgan fingerprint density at radius 2 is 1.88 bits per heavy atom. The number of benzene rings is 2. The number of para-hydroxylation sites is 1. The first kappa shape index (κ1) is 16.4. The summed E-state index contributed by atoms with van der Waals surface area (Å²) in [6.07, 6.45) is 2.91. The molecule has 1 heterocycles. The van der Waals surface area contributed by atoms with Crippen LogP contribution in [0.1, 0.15) is 35.1 Å². The van der Waals surface area contributed by atoms with Crippen LogP contribution in [0.4, 0.5) is 5.69 Å². The number of ether oxygens (including phenoxy) is 1. The van der Waals surface area contributed by atoms with Gasteiger partial charge in [0.25, 0.3) is 5.91 Å². The second kappa shape index (κ2) is 7.04. The molecule has 0 atom stereocenters. The highest BCUT2D eigenvalue weighted by Crippen LogP contribution is 2.28. The van der Waals surface area contributed by atoms with E-state index < -0.39 is 0 Å². The Hall–Kier alpha value is -3.08. The third kappa shape index (κ3) is 3.08. The van der Waals surface area contributed by atoms with Gasteiger partial charge in [0.1, 0.15) is 5.75 Å². The summed E-state index contributed by atoms with van der Waals surface area (Å²) >= 11 is 0. The Morgan fingerprint density at radius 1 is 1.12 bits per heavy atom. The van der Waals surface area contributed by atoms with E-state index in [0.717, 1.165) is 47.6 Å². The number of amides is 1. The molecule has 1 aliphatic rings. The first-order valence-electron chi connectivity index (χ1n) is 8.96. The largest absolute Gasteiger partial charge is 0.494 e. The van der Waals surface area contributed by atoms with Gasteiger partial charge in [-0.1, -0.05) is 18.2 Å². The molecular weight excluding hydrogens is 326 g/mol. The standard InChI is InChI=1S/C21H21N3O2/c1-2-26-17-13-11-15(12-14-17)22-21(25)20-18-9-6-10-19(18)24(23-20)16-7-4-3-5-8-16/h3-5,7-8,11-14H,2,6,9-10H2,1H3,(H,22,25). The minimum atomic E-state index is -0.165. The van der Waals surface area contributed by atoms with E-state index >= 15 is 0 Å². The topological polar surface area (TPSA) is 56.1 Å². The zero-order chi connectivity index (χ0) is 17.9. The van der Waals surface area contributed by atoms with Gasteiger partial charge in [0.05, 0.1) is 12.3 Å². The molecule has 0 bridgehead atoms. The lowest BCUT2D eigenvalue weighted by Crippen LogP contribution is -2.15. The van der Waals surface area contributed by atoms with Gasteiger partial charge in [0.15, 0.2) is 5.69 Å². The van der Waals surface area contributed by atoms with Gasteiger partial charge in [0, 0.05) is 16.9 Å². The van der Waals surface area contributed by atoms with Crippen molar-refractivity contribution in [1.82, 2.24) is 9.78 Å². The van der Waals surface area contributed by atoms with Crippen LogP contribution in [-0.2, 0) is 12.8 Å². The molecule has 1 aromatic heterocycles. The molecule has 5 heteroatoms. The summed E-state index contributed by atoms with van der Waals surface area (Å²) in [6.45, 7) is 2.56. The fraction of sp³-hybridized carbons (Fsp3) is 0.238. The van der Waals surface area contributed by atoms with Gasteiger partial charge in [-0.3, -0.25) is 4.79 Å². The number of hydrogen-bond donors (Lipinski definition) is 1. The highest BCUT2D eigenvalue weighted by molar-refractivity contribution is 6.04. The van der Waals surface area contributed by atoms with Crippen LogP contribution in [0.25, 0.3) is 5.69 Å². The van der Waals surface area contributed by atoms with E-state index in [4.69, 9.17) is 4.74 Å². The fourth-order valence-electron chi connectivity index (χ4n) is 3.39. The molecule has 0 saturated carbocycles. The van der Waals surface area contributed by atoms with Crippen molar-refractivity contribution < 1.29 is 9.53 Å². The predicted molar refractivity (Wildman–Crippen MR) is 101 cm³/mol. The Bertz CT molecular complexity index is 914. The lowest BCUT2D eigenvalue weighted by molar-refractivity contribution is 0.102. The van der Waals surface area contributed by atoms with Crippen LogP contribution >= 0.6 is 0 Å². The van der Waals surface area contributed by atoms with Gasteiger partial charge in [-0.05, 0) is 62.6 Å². The van der Waals surface area contributed by atoms with E-state index in [0.29, 0.717) is 12.3 Å². The molecule has 0 radical (unpaired) electrons. The van der Waals surface area contributed by atoms with Crippen molar-refractivity contribution in [2.45, 2.75) is 26.2 Å². The van der Waals surface area contributed by atoms with Crippen LogP contribution in [-0.4, -0.2) is 22.3 Å². The van der Waals surface area contributed by atoms with Crippen LogP contribution in [0, 0.1) is 0 Å². The quantitative estimate of drug-likeness (QED) is 0.759. The number of anilines is 1. The molecule has 0 fully saturated rings. The summed E-state index contributed by atoms with van der Waals surface area (Å²) in [7, 11) is 0. The van der Waals surface area contributed by atoms with Gasteiger partial charge in [-0.15, -0.1) is 0 Å². The van der Waals surface area contributed by atoms with Crippen molar-refractivity contribution in [3.05, 3.63) is 71.5 Å². The van der Waals surface area contributed by atoms with Crippen LogP contribution in [0.15, 0.2) is 54.6 Å². The van der Waals surface area contributed by atoms with Crippen molar-refractivity contribution >= 4 is 11.6 Å². The lowest BCUT2D eigenvalue weighted by atomic mass is 10.2. The maximum absolute atomic E-state index is 12.8. The molecule has 1 amide bonds. The van der Waals surface area contributed by atoms with Crippen LogP contribution < -0.4 is 10.1 Å². The smallest absolute Gasteiger partial charge is 0.276 e. The lowest BCUT2D eigenvalue weighted by Gasteiger charge is -2.07. The SMILES string of the molecule is CCOc1ccc(NC(=O)c2nn(-c3ccccc3)c3c2CCC3)cc1. The number of aromatic nitrogens is 2. The molecule has 0 saturated heterocycles. The Labute approximate surface area is 152 Å². The number of carbonyl (C=O) groups excluding carboxylic acids is 1. The monoisotopic (exact) mass is 347 g/mol. The maximum Gasteiger partial charge on any atom is 0.276 e. The summed E-state index contributed by atoms with van der Waals surface area (Å²) in [5.74, 6) is 0.627. The highest BCUT2D eigenvalue weighted by Gasteiger charge is 2.26. The maximum atomic E-state index is 12.8. The average Bonchev–Trinajstić information content (AvgIpc) is 3.27. The predicted octanol–water partition coefficient (Wildman–Crippen LogP) is 4.01. The normalized spacial score (nSPS) is 12.7. The van der Waals surface area contributed by atoms with Crippen molar-refractivity contribution in [2.75, 3.05) is 11.9 Å². The van der Waals surface area contributed by atoms with E-state index in [9.17, 15) is 4.79 Å². The van der Waals surface area contributed by atoms with E-state index in [-0.39, 0.29) is 5.91 Å². The zero-order valence-corrected chi connectivity index (χ0v) is 14.7. The summed E-state index contributed by atoms with van der Waals surface area (Å²) in [5, 5.41) is 7.58. The summed E-state index contributed by atoms with van der Waals surface area (Å²) in [5.41, 5.74) is 4.46. The molecule has 1 N–H and O–H groups in total. The zero-order valence-electron chi connectivity index (χ0n) is 14.7. The molecule has 2 aromatic carbocycles.